The van der Waals surface area contributed by atoms with Crippen molar-refractivity contribution in [2.24, 2.45) is 0 Å². The largest absolute Gasteiger partial charge is 0.307 e. The molecule has 0 aliphatic heterocycles. The smallest absolute Gasteiger partial charge is 0.0724 e. The van der Waals surface area contributed by atoms with E-state index in [4.69, 9.17) is 0 Å². The molecule has 1 aromatic carbocycles. The lowest BCUT2D eigenvalue weighted by atomic mass is 10.0. The summed E-state index contributed by atoms with van der Waals surface area (Å²) < 4.78 is 0. The summed E-state index contributed by atoms with van der Waals surface area (Å²) in [4.78, 5) is 8.56. The van der Waals surface area contributed by atoms with Crippen LogP contribution in [0.25, 0.3) is 0 Å². The zero-order valence-electron chi connectivity index (χ0n) is 11.9. The van der Waals surface area contributed by atoms with Gasteiger partial charge in [-0.2, -0.15) is 0 Å². The molecule has 100 valence electrons. The van der Waals surface area contributed by atoms with E-state index in [0.717, 1.165) is 24.5 Å². The molecule has 0 fully saturated rings. The van der Waals surface area contributed by atoms with Gasteiger partial charge in [-0.25, -0.2) is 0 Å². The number of benzene rings is 1. The molecule has 0 atom stereocenters. The first-order valence-corrected chi connectivity index (χ1v) is 6.72. The number of hydrogen-bond acceptors (Lipinski definition) is 3. The predicted octanol–water partition coefficient (Wildman–Crippen LogP) is 3.20. The highest BCUT2D eigenvalue weighted by Crippen LogP contribution is 2.14. The first-order chi connectivity index (χ1) is 9.15. The molecule has 0 saturated heterocycles. The molecular weight excluding hydrogens is 234 g/mol. The molecule has 1 heterocycles. The average Bonchev–Trinajstić information content (AvgIpc) is 2.41. The molecule has 1 N–H and O–H groups in total. The van der Waals surface area contributed by atoms with Gasteiger partial charge in [0.15, 0.2) is 0 Å². The van der Waals surface area contributed by atoms with Crippen LogP contribution >= 0.6 is 0 Å². The van der Waals surface area contributed by atoms with Crippen molar-refractivity contribution in [3.8, 4) is 0 Å². The standard InChI is InChI=1S/C16H21N3/c1-12(2)15-6-4-14(5-7-15)9-17-10-16-11-18-13(3)8-19-16/h4-8,11-12,17H,9-10H2,1-3H3. The first kappa shape index (κ1) is 13.7. The average molecular weight is 255 g/mol. The molecule has 0 saturated carbocycles. The summed E-state index contributed by atoms with van der Waals surface area (Å²) in [7, 11) is 0. The van der Waals surface area contributed by atoms with Crippen LogP contribution < -0.4 is 5.32 Å². The van der Waals surface area contributed by atoms with Gasteiger partial charge in [-0.1, -0.05) is 38.1 Å². The second-order valence-electron chi connectivity index (χ2n) is 5.15. The van der Waals surface area contributed by atoms with Crippen LogP contribution in [0, 0.1) is 6.92 Å². The van der Waals surface area contributed by atoms with E-state index in [9.17, 15) is 0 Å². The number of rotatable bonds is 5. The van der Waals surface area contributed by atoms with Crippen molar-refractivity contribution in [3.63, 3.8) is 0 Å². The number of nitrogens with zero attached hydrogens (tertiary/aromatic N) is 2. The zero-order chi connectivity index (χ0) is 13.7. The maximum absolute atomic E-state index is 4.32. The van der Waals surface area contributed by atoms with Gasteiger partial charge in [0.25, 0.3) is 0 Å². The van der Waals surface area contributed by atoms with Crippen LogP contribution in [-0.2, 0) is 13.1 Å². The fourth-order valence-corrected chi connectivity index (χ4v) is 1.87. The summed E-state index contributed by atoms with van der Waals surface area (Å²) in [5.41, 5.74) is 4.61. The van der Waals surface area contributed by atoms with E-state index in [0.29, 0.717) is 5.92 Å². The van der Waals surface area contributed by atoms with Crippen molar-refractivity contribution in [2.75, 3.05) is 0 Å². The second-order valence-corrected chi connectivity index (χ2v) is 5.15. The van der Waals surface area contributed by atoms with Crippen LogP contribution in [-0.4, -0.2) is 9.97 Å². The molecule has 2 aromatic rings. The summed E-state index contributed by atoms with van der Waals surface area (Å²) in [5.74, 6) is 0.588. The summed E-state index contributed by atoms with van der Waals surface area (Å²) in [6.07, 6.45) is 3.62. The summed E-state index contributed by atoms with van der Waals surface area (Å²) in [6.45, 7) is 7.97. The van der Waals surface area contributed by atoms with Gasteiger partial charge < -0.3 is 5.32 Å². The molecule has 0 aliphatic carbocycles. The second kappa shape index (κ2) is 6.43. The third-order valence-electron chi connectivity index (χ3n) is 3.12. The van der Waals surface area contributed by atoms with Gasteiger partial charge in [0.1, 0.15) is 0 Å². The Morgan fingerprint density at radius 1 is 1.00 bits per heavy atom. The Kier molecular flexibility index (Phi) is 4.63. The van der Waals surface area contributed by atoms with Gasteiger partial charge >= 0.3 is 0 Å². The van der Waals surface area contributed by atoms with E-state index < -0.39 is 0 Å². The number of nitrogens with one attached hydrogen (secondary N) is 1. The highest BCUT2D eigenvalue weighted by Gasteiger charge is 1.99. The van der Waals surface area contributed by atoms with Gasteiger partial charge in [0, 0.05) is 25.5 Å². The van der Waals surface area contributed by atoms with Gasteiger partial charge in [-0.15, -0.1) is 0 Å². The summed E-state index contributed by atoms with van der Waals surface area (Å²) in [6, 6.07) is 8.77. The molecule has 0 radical (unpaired) electrons. The van der Waals surface area contributed by atoms with Crippen LogP contribution in [0.4, 0.5) is 0 Å². The van der Waals surface area contributed by atoms with E-state index in [1.165, 1.54) is 11.1 Å². The fraction of sp³-hybridized carbons (Fsp3) is 0.375. The molecule has 0 aliphatic rings. The van der Waals surface area contributed by atoms with Crippen molar-refractivity contribution in [1.82, 2.24) is 15.3 Å². The minimum atomic E-state index is 0.588. The van der Waals surface area contributed by atoms with Crippen molar-refractivity contribution in [3.05, 3.63) is 59.2 Å². The molecule has 0 unspecified atom stereocenters. The Morgan fingerprint density at radius 3 is 2.32 bits per heavy atom. The Labute approximate surface area is 115 Å². The molecule has 3 heteroatoms. The monoisotopic (exact) mass is 255 g/mol. The van der Waals surface area contributed by atoms with Crippen LogP contribution in [0.2, 0.25) is 0 Å². The third kappa shape index (κ3) is 4.14. The lowest BCUT2D eigenvalue weighted by Gasteiger charge is -2.08. The Morgan fingerprint density at radius 2 is 1.74 bits per heavy atom. The van der Waals surface area contributed by atoms with Crippen LogP contribution in [0.15, 0.2) is 36.7 Å². The highest BCUT2D eigenvalue weighted by atomic mass is 14.9. The first-order valence-electron chi connectivity index (χ1n) is 6.72. The van der Waals surface area contributed by atoms with Crippen molar-refractivity contribution in [2.45, 2.75) is 39.8 Å². The van der Waals surface area contributed by atoms with Crippen molar-refractivity contribution < 1.29 is 0 Å². The molecule has 1 aromatic heterocycles. The predicted molar refractivity (Wildman–Crippen MR) is 77.8 cm³/mol. The lowest BCUT2D eigenvalue weighted by Crippen LogP contribution is -2.14. The quantitative estimate of drug-likeness (QED) is 0.891. The molecular formula is C16H21N3. The molecule has 3 nitrogen and oxygen atoms in total. The Hall–Kier alpha value is -1.74. The lowest BCUT2D eigenvalue weighted by molar-refractivity contribution is 0.675. The van der Waals surface area contributed by atoms with E-state index in [-0.39, 0.29) is 0 Å². The minimum Gasteiger partial charge on any atom is -0.307 e. The normalized spacial score (nSPS) is 10.9. The van der Waals surface area contributed by atoms with E-state index in [1.807, 2.05) is 13.1 Å². The number of aryl methyl sites for hydroxylation is 1. The van der Waals surface area contributed by atoms with Crippen LogP contribution in [0.1, 0.15) is 42.3 Å². The zero-order valence-corrected chi connectivity index (χ0v) is 11.9. The van der Waals surface area contributed by atoms with E-state index >= 15 is 0 Å². The fourth-order valence-electron chi connectivity index (χ4n) is 1.87. The molecule has 0 spiro atoms. The maximum Gasteiger partial charge on any atom is 0.0724 e. The minimum absolute atomic E-state index is 0.588. The van der Waals surface area contributed by atoms with Gasteiger partial charge in [0.05, 0.1) is 11.4 Å². The van der Waals surface area contributed by atoms with Crippen molar-refractivity contribution in [1.29, 1.82) is 0 Å². The van der Waals surface area contributed by atoms with Gasteiger partial charge in [0.2, 0.25) is 0 Å². The molecule has 0 bridgehead atoms. The summed E-state index contributed by atoms with van der Waals surface area (Å²) in [5, 5.41) is 3.38. The Bertz CT molecular complexity index is 501. The summed E-state index contributed by atoms with van der Waals surface area (Å²) >= 11 is 0. The molecule has 2 rings (SSSR count). The van der Waals surface area contributed by atoms with Crippen LogP contribution in [0.5, 0.6) is 0 Å². The van der Waals surface area contributed by atoms with E-state index in [2.05, 4.69) is 53.4 Å². The molecule has 19 heavy (non-hydrogen) atoms. The van der Waals surface area contributed by atoms with E-state index in [1.54, 1.807) is 6.20 Å². The number of hydrogen-bond donors (Lipinski definition) is 1. The van der Waals surface area contributed by atoms with Gasteiger partial charge in [-0.3, -0.25) is 9.97 Å². The third-order valence-corrected chi connectivity index (χ3v) is 3.12. The van der Waals surface area contributed by atoms with Crippen molar-refractivity contribution >= 4 is 0 Å². The van der Waals surface area contributed by atoms with Crippen LogP contribution in [0.3, 0.4) is 0 Å². The maximum atomic E-state index is 4.32. The SMILES string of the molecule is Cc1cnc(CNCc2ccc(C(C)C)cc2)cn1. The topological polar surface area (TPSA) is 37.8 Å². The highest BCUT2D eigenvalue weighted by molar-refractivity contribution is 5.24. The number of aromatic nitrogens is 2. The Balaban J connectivity index is 1.83. The van der Waals surface area contributed by atoms with Gasteiger partial charge in [-0.05, 0) is 24.0 Å². The molecule has 0 amide bonds.